The highest BCUT2D eigenvalue weighted by atomic mass is 16.5. The van der Waals surface area contributed by atoms with Crippen LogP contribution in [0.3, 0.4) is 0 Å². The molecule has 1 heterocycles. The van der Waals surface area contributed by atoms with Gasteiger partial charge >= 0.3 is 11.6 Å². The van der Waals surface area contributed by atoms with Crippen molar-refractivity contribution in [1.82, 2.24) is 5.32 Å². The molecular weight excluding hydrogens is 362 g/mol. The normalized spacial score (nSPS) is 21.9. The monoisotopic (exact) mass is 387 g/mol. The van der Waals surface area contributed by atoms with Crippen LogP contribution in [0.1, 0.15) is 43.5 Å². The van der Waals surface area contributed by atoms with Crippen LogP contribution >= 0.6 is 0 Å². The number of benzene rings is 1. The fraction of sp³-hybridized carbons (Fsp3) is 0.476. The Morgan fingerprint density at radius 3 is 2.79 bits per heavy atom. The maximum absolute atomic E-state index is 12.3. The van der Waals surface area contributed by atoms with E-state index in [0.717, 1.165) is 19.3 Å². The van der Waals surface area contributed by atoms with Crippen molar-refractivity contribution in [3.63, 3.8) is 0 Å². The molecule has 1 saturated carbocycles. The van der Waals surface area contributed by atoms with E-state index in [1.165, 1.54) is 13.2 Å². The molecule has 1 aliphatic carbocycles. The quantitative estimate of drug-likeness (QED) is 0.626. The van der Waals surface area contributed by atoms with E-state index in [4.69, 9.17) is 13.9 Å². The van der Waals surface area contributed by atoms with Crippen molar-refractivity contribution in [2.75, 3.05) is 13.7 Å². The highest BCUT2D eigenvalue weighted by Gasteiger charge is 2.28. The number of nitrogens with one attached hydrogen (secondary N) is 1. The Bertz CT molecular complexity index is 934. The summed E-state index contributed by atoms with van der Waals surface area (Å²) in [5.74, 6) is 0.0475. The van der Waals surface area contributed by atoms with Gasteiger partial charge in [-0.25, -0.2) is 9.59 Å². The summed E-state index contributed by atoms with van der Waals surface area (Å²) in [7, 11) is 1.46. The third kappa shape index (κ3) is 4.18. The zero-order chi connectivity index (χ0) is 20.3. The number of methoxy groups -OCH3 is 1. The van der Waals surface area contributed by atoms with Crippen molar-refractivity contribution in [3.8, 4) is 5.75 Å². The third-order valence-electron chi connectivity index (χ3n) is 5.55. The molecule has 0 bridgehead atoms. The second-order valence-electron chi connectivity index (χ2n) is 7.34. The standard InChI is InChI=1S/C21H25NO6/c1-12-6-4-8-16(13(12)2)22-18(23)11-27-20(24)15-10-14-7-5-9-17(26-3)19(14)28-21(15)25/h5,7,9-10,12-13,16H,4,6,8,11H2,1-3H3,(H,22,23)/t12-,13-,16-/m1/s1. The predicted molar refractivity (Wildman–Crippen MR) is 103 cm³/mol. The first-order valence-electron chi connectivity index (χ1n) is 9.48. The summed E-state index contributed by atoms with van der Waals surface area (Å²) in [5.41, 5.74) is -0.838. The van der Waals surface area contributed by atoms with E-state index in [-0.39, 0.29) is 23.1 Å². The van der Waals surface area contributed by atoms with Gasteiger partial charge in [0.05, 0.1) is 7.11 Å². The van der Waals surface area contributed by atoms with Gasteiger partial charge in [-0.05, 0) is 30.4 Å². The van der Waals surface area contributed by atoms with E-state index in [1.807, 2.05) is 0 Å². The number of hydrogen-bond donors (Lipinski definition) is 1. The fourth-order valence-electron chi connectivity index (χ4n) is 3.66. The lowest BCUT2D eigenvalue weighted by molar-refractivity contribution is -0.125. The molecule has 0 saturated heterocycles. The summed E-state index contributed by atoms with van der Waals surface area (Å²) in [6.45, 7) is 3.86. The molecular formula is C21H25NO6. The van der Waals surface area contributed by atoms with Crippen molar-refractivity contribution in [2.24, 2.45) is 11.8 Å². The molecule has 2 aromatic rings. The number of ether oxygens (including phenoxy) is 2. The maximum Gasteiger partial charge on any atom is 0.351 e. The van der Waals surface area contributed by atoms with Crippen LogP contribution in [-0.2, 0) is 9.53 Å². The number of carbonyl (C=O) groups excluding carboxylic acids is 2. The van der Waals surface area contributed by atoms with Gasteiger partial charge in [0.25, 0.3) is 5.91 Å². The maximum atomic E-state index is 12.3. The van der Waals surface area contributed by atoms with Gasteiger partial charge in [-0.15, -0.1) is 0 Å². The van der Waals surface area contributed by atoms with Gasteiger partial charge in [0, 0.05) is 11.4 Å². The number of amides is 1. The van der Waals surface area contributed by atoms with Crippen LogP contribution in [0.2, 0.25) is 0 Å². The molecule has 28 heavy (non-hydrogen) atoms. The van der Waals surface area contributed by atoms with E-state index in [9.17, 15) is 14.4 Å². The number of carbonyl (C=O) groups is 2. The average molecular weight is 387 g/mol. The SMILES string of the molecule is COc1cccc2cc(C(=O)OCC(=O)N[C@@H]3CCC[C@@H](C)[C@H]3C)c(=O)oc12. The van der Waals surface area contributed by atoms with Gasteiger partial charge < -0.3 is 19.2 Å². The first-order valence-corrected chi connectivity index (χ1v) is 9.48. The second kappa shape index (κ2) is 8.46. The molecule has 1 amide bonds. The Hall–Kier alpha value is -2.83. The van der Waals surface area contributed by atoms with Gasteiger partial charge in [0.1, 0.15) is 5.56 Å². The van der Waals surface area contributed by atoms with Gasteiger partial charge in [-0.1, -0.05) is 38.8 Å². The number of esters is 1. The molecule has 1 N–H and O–H groups in total. The average Bonchev–Trinajstić information content (AvgIpc) is 2.68. The number of hydrogen-bond acceptors (Lipinski definition) is 6. The van der Waals surface area contributed by atoms with Gasteiger partial charge in [0.15, 0.2) is 17.9 Å². The minimum atomic E-state index is -0.890. The van der Waals surface area contributed by atoms with E-state index in [2.05, 4.69) is 19.2 Å². The molecule has 0 radical (unpaired) electrons. The van der Waals surface area contributed by atoms with E-state index < -0.39 is 18.2 Å². The van der Waals surface area contributed by atoms with Crippen molar-refractivity contribution in [3.05, 3.63) is 40.2 Å². The van der Waals surface area contributed by atoms with Crippen molar-refractivity contribution >= 4 is 22.8 Å². The minimum absolute atomic E-state index is 0.0770. The first-order chi connectivity index (χ1) is 13.4. The van der Waals surface area contributed by atoms with Gasteiger partial charge in [-0.3, -0.25) is 4.79 Å². The molecule has 1 aliphatic rings. The van der Waals surface area contributed by atoms with Crippen LogP contribution in [-0.4, -0.2) is 31.6 Å². The van der Waals surface area contributed by atoms with E-state index >= 15 is 0 Å². The Morgan fingerprint density at radius 1 is 1.25 bits per heavy atom. The van der Waals surface area contributed by atoms with Crippen LogP contribution in [0.5, 0.6) is 5.75 Å². The molecule has 0 unspecified atom stereocenters. The summed E-state index contributed by atoms with van der Waals surface area (Å²) in [6.07, 6.45) is 3.14. The van der Waals surface area contributed by atoms with Crippen LogP contribution in [0.4, 0.5) is 0 Å². The highest BCUT2D eigenvalue weighted by Crippen LogP contribution is 2.29. The number of fused-ring (bicyclic) bond motifs is 1. The lowest BCUT2D eigenvalue weighted by Gasteiger charge is -2.34. The molecule has 3 rings (SSSR count). The zero-order valence-electron chi connectivity index (χ0n) is 16.3. The largest absolute Gasteiger partial charge is 0.493 e. The lowest BCUT2D eigenvalue weighted by atomic mass is 9.78. The second-order valence-corrected chi connectivity index (χ2v) is 7.34. The van der Waals surface area contributed by atoms with Crippen LogP contribution in [0.15, 0.2) is 33.5 Å². The van der Waals surface area contributed by atoms with Gasteiger partial charge in [-0.2, -0.15) is 0 Å². The van der Waals surface area contributed by atoms with Gasteiger partial charge in [0.2, 0.25) is 0 Å². The van der Waals surface area contributed by atoms with Crippen molar-refractivity contribution < 1.29 is 23.5 Å². The van der Waals surface area contributed by atoms with Crippen LogP contribution in [0, 0.1) is 11.8 Å². The summed E-state index contributed by atoms with van der Waals surface area (Å²) < 4.78 is 15.4. The van der Waals surface area contributed by atoms with Crippen LogP contribution < -0.4 is 15.7 Å². The highest BCUT2D eigenvalue weighted by molar-refractivity contribution is 5.95. The smallest absolute Gasteiger partial charge is 0.351 e. The summed E-state index contributed by atoms with van der Waals surface area (Å²) in [5, 5.41) is 3.46. The fourth-order valence-corrected chi connectivity index (χ4v) is 3.66. The van der Waals surface area contributed by atoms with Crippen LogP contribution in [0.25, 0.3) is 11.0 Å². The molecule has 0 spiro atoms. The minimum Gasteiger partial charge on any atom is -0.493 e. The Balaban J connectivity index is 1.65. The Morgan fingerprint density at radius 2 is 2.04 bits per heavy atom. The lowest BCUT2D eigenvalue weighted by Crippen LogP contribution is -2.45. The molecule has 150 valence electrons. The van der Waals surface area contributed by atoms with E-state index in [0.29, 0.717) is 23.0 Å². The third-order valence-corrected chi connectivity index (χ3v) is 5.55. The first kappa shape index (κ1) is 19.9. The summed E-state index contributed by atoms with van der Waals surface area (Å²) in [6, 6.07) is 6.52. The number of rotatable bonds is 5. The molecule has 1 aromatic carbocycles. The molecule has 1 fully saturated rings. The zero-order valence-corrected chi connectivity index (χ0v) is 16.3. The molecule has 3 atom stereocenters. The van der Waals surface area contributed by atoms with Crippen molar-refractivity contribution in [1.29, 1.82) is 0 Å². The topological polar surface area (TPSA) is 94.8 Å². The molecule has 0 aliphatic heterocycles. The molecule has 7 heteroatoms. The Kier molecular flexibility index (Phi) is 6.02. The summed E-state index contributed by atoms with van der Waals surface area (Å²) >= 11 is 0. The Labute approximate surface area is 163 Å². The molecule has 7 nitrogen and oxygen atoms in total. The molecule has 1 aromatic heterocycles. The predicted octanol–water partition coefficient (Wildman–Crippen LogP) is 2.90. The number of para-hydroxylation sites is 1. The van der Waals surface area contributed by atoms with Crippen molar-refractivity contribution in [2.45, 2.75) is 39.2 Å². The van der Waals surface area contributed by atoms with E-state index in [1.54, 1.807) is 18.2 Å². The summed E-state index contributed by atoms with van der Waals surface area (Å²) in [4.78, 5) is 36.6.